The van der Waals surface area contributed by atoms with E-state index < -0.39 is 67.4 Å². The van der Waals surface area contributed by atoms with Crippen molar-refractivity contribution in [3.8, 4) is 0 Å². The van der Waals surface area contributed by atoms with Crippen LogP contribution in [0.2, 0.25) is 0 Å². The Bertz CT molecular complexity index is 1410. The number of nitrogens with two attached hydrogens (primary N) is 1. The van der Waals surface area contributed by atoms with E-state index in [1.807, 2.05) is 0 Å². The van der Waals surface area contributed by atoms with E-state index in [9.17, 15) is 39.3 Å². The molecule has 6 aliphatic rings. The lowest BCUT2D eigenvalue weighted by molar-refractivity contribution is -0.492. The van der Waals surface area contributed by atoms with Gasteiger partial charge in [-0.05, 0) is 0 Å². The number of guanidine groups is 3. The molecular formula is C28H48N12O14+2. The number of urea groups is 3. The molecule has 0 aromatic carbocycles. The predicted molar refractivity (Wildman–Crippen MR) is 176 cm³/mol. The number of hydrogen-bond acceptors (Lipinski definition) is 16. The second-order valence-corrected chi connectivity index (χ2v) is 12.5. The Morgan fingerprint density at radius 2 is 1.15 bits per heavy atom. The van der Waals surface area contributed by atoms with Crippen LogP contribution in [0.4, 0.5) is 14.4 Å². The summed E-state index contributed by atoms with van der Waals surface area (Å²) in [6, 6.07) is -1.31. The Hall–Kier alpha value is -4.80. The summed E-state index contributed by atoms with van der Waals surface area (Å²) in [6.45, 7) is 2.12. The molecule has 3 fully saturated rings. The van der Waals surface area contributed by atoms with Crippen LogP contribution in [0, 0.1) is 0 Å². The van der Waals surface area contributed by atoms with E-state index in [4.69, 9.17) is 35.3 Å². The number of hydrogen-bond donors (Lipinski definition) is 14. The first-order valence-corrected chi connectivity index (χ1v) is 16.8. The van der Waals surface area contributed by atoms with Gasteiger partial charge in [-0.3, -0.25) is 50.6 Å². The van der Waals surface area contributed by atoms with E-state index in [0.717, 1.165) is 0 Å². The highest BCUT2D eigenvalue weighted by molar-refractivity contribution is 6.04. The zero-order valence-electron chi connectivity index (χ0n) is 29.4. The van der Waals surface area contributed by atoms with Crippen molar-refractivity contribution in [2.45, 2.75) is 88.4 Å². The summed E-state index contributed by atoms with van der Waals surface area (Å²) < 4.78 is 16.1. The Morgan fingerprint density at radius 3 is 1.54 bits per heavy atom. The predicted octanol–water partition coefficient (Wildman–Crippen LogP) is -10.2. The minimum Gasteiger partial charge on any atom is -0.394 e. The summed E-state index contributed by atoms with van der Waals surface area (Å²) in [4.78, 5) is 70.5. The van der Waals surface area contributed by atoms with Crippen molar-refractivity contribution in [3.63, 3.8) is 0 Å². The van der Waals surface area contributed by atoms with Gasteiger partial charge in [-0.25, -0.2) is 24.7 Å². The smallest absolute Gasteiger partial charge is 0.386 e. The maximum Gasteiger partial charge on any atom is 0.386 e. The highest BCUT2D eigenvalue weighted by Gasteiger charge is 2.43. The third-order valence-corrected chi connectivity index (χ3v) is 8.52. The molecule has 0 aliphatic carbocycles. The van der Waals surface area contributed by atoms with Crippen LogP contribution in [0.25, 0.3) is 0 Å². The molecule has 0 aromatic heterocycles. The highest BCUT2D eigenvalue weighted by atomic mass is 16.6. The molecule has 9 unspecified atom stereocenters. The maximum atomic E-state index is 11.9. The fraction of sp³-hybridized carbons (Fsp3) is 0.714. The topological polar surface area (TPSA) is 371 Å². The zero-order chi connectivity index (χ0) is 39.7. The van der Waals surface area contributed by atoms with Gasteiger partial charge in [0.1, 0.15) is 57.0 Å². The van der Waals surface area contributed by atoms with Crippen molar-refractivity contribution >= 4 is 47.8 Å². The number of carbonyl (C=O) groups excluding carboxylic acids is 5. The van der Waals surface area contributed by atoms with Crippen molar-refractivity contribution in [2.75, 3.05) is 39.8 Å². The van der Waals surface area contributed by atoms with Gasteiger partial charge in [-0.2, -0.15) is 10.6 Å². The monoisotopic (exact) mass is 776 g/mol. The number of aliphatic hydroxyl groups excluding tert-OH is 6. The van der Waals surface area contributed by atoms with Gasteiger partial charge in [0.15, 0.2) is 0 Å². The number of carbonyl (C=O) groups is 5. The van der Waals surface area contributed by atoms with Crippen LogP contribution < -0.4 is 42.3 Å². The van der Waals surface area contributed by atoms with Crippen molar-refractivity contribution in [3.05, 3.63) is 0 Å². The highest BCUT2D eigenvalue weighted by Crippen LogP contribution is 2.25. The molecule has 0 aromatic rings. The van der Waals surface area contributed by atoms with Crippen molar-refractivity contribution in [2.24, 2.45) is 10.7 Å². The average Bonchev–Trinajstić information content (AvgIpc) is 3.79. The molecule has 9 atom stereocenters. The summed E-state index contributed by atoms with van der Waals surface area (Å²) in [5.74, 6) is -0.139. The Morgan fingerprint density at radius 1 is 0.722 bits per heavy atom. The second-order valence-electron chi connectivity index (χ2n) is 12.5. The van der Waals surface area contributed by atoms with E-state index in [1.54, 1.807) is 0 Å². The number of aliphatic imine (C=N–C) groups is 1. The van der Waals surface area contributed by atoms with E-state index in [-0.39, 0.29) is 94.8 Å². The summed E-state index contributed by atoms with van der Waals surface area (Å²) in [5.41, 5.74) is 5.38. The van der Waals surface area contributed by atoms with Gasteiger partial charge in [-0.15, -0.1) is 0 Å². The van der Waals surface area contributed by atoms with E-state index in [0.29, 0.717) is 0 Å². The molecule has 26 nitrogen and oxygen atoms in total. The van der Waals surface area contributed by atoms with E-state index >= 15 is 0 Å². The molecule has 0 saturated carbocycles. The molecule has 0 spiro atoms. The maximum absolute atomic E-state index is 11.9. The lowest BCUT2D eigenvalue weighted by Crippen LogP contribution is -2.88. The molecule has 0 bridgehead atoms. The summed E-state index contributed by atoms with van der Waals surface area (Å²) in [6.07, 6.45) is -5.48. The fourth-order valence-corrected chi connectivity index (χ4v) is 5.75. The van der Waals surface area contributed by atoms with Crippen molar-refractivity contribution < 1.29 is 78.8 Å². The largest absolute Gasteiger partial charge is 0.394 e. The number of ether oxygens (including phenoxy) is 3. The van der Waals surface area contributed by atoms with Crippen LogP contribution in [0.15, 0.2) is 4.99 Å². The van der Waals surface area contributed by atoms with Crippen LogP contribution in [-0.4, -0.2) is 188 Å². The minimum atomic E-state index is -0.816. The van der Waals surface area contributed by atoms with Crippen molar-refractivity contribution in [1.82, 2.24) is 41.3 Å². The standard InChI is InChI=1S/2C10H16N4O5.C8H14N4O4/c2*1-5(16)12-9-11-4-14(10(18)13-9)8-2-6(17)7(3-15)19-8;9-7-10-3-12(8(15)11-7)6-1-4(14)5(2-13)16-6/h2*6-8,15,17H,2-4H2,1H3,(H2,11,12,13,16,18);4-6,13-14H,1-3H2,(H3,9,10,11,15)/p+2. The zero-order valence-corrected chi connectivity index (χ0v) is 29.4. The van der Waals surface area contributed by atoms with Gasteiger partial charge >= 0.3 is 30.0 Å². The van der Waals surface area contributed by atoms with Gasteiger partial charge in [0.05, 0.1) is 38.1 Å². The van der Waals surface area contributed by atoms with E-state index in [2.05, 4.69) is 41.6 Å². The van der Waals surface area contributed by atoms with Crippen LogP contribution in [0.5, 0.6) is 0 Å². The van der Waals surface area contributed by atoms with Gasteiger partial charge in [-0.1, -0.05) is 0 Å². The Kier molecular flexibility index (Phi) is 14.8. The molecule has 54 heavy (non-hydrogen) atoms. The molecule has 15 N–H and O–H groups in total. The second kappa shape index (κ2) is 19.0. The number of nitrogens with one attached hydrogen (secondary N) is 7. The van der Waals surface area contributed by atoms with Gasteiger partial charge in [0.25, 0.3) is 5.91 Å². The number of amides is 8. The first-order valence-electron chi connectivity index (χ1n) is 16.8. The lowest BCUT2D eigenvalue weighted by atomic mass is 10.2. The van der Waals surface area contributed by atoms with Gasteiger partial charge < -0.3 is 44.8 Å². The summed E-state index contributed by atoms with van der Waals surface area (Å²) in [7, 11) is 0. The number of nitrogens with zero attached hydrogens (tertiary/aromatic N) is 4. The van der Waals surface area contributed by atoms with E-state index in [1.165, 1.54) is 28.5 Å². The quantitative estimate of drug-likeness (QED) is 0.119. The van der Waals surface area contributed by atoms with Crippen LogP contribution in [0.3, 0.4) is 0 Å². The molecule has 8 amide bonds. The molecule has 6 heterocycles. The molecule has 302 valence electrons. The molecule has 0 radical (unpaired) electrons. The third kappa shape index (κ3) is 10.9. The third-order valence-electron chi connectivity index (χ3n) is 8.52. The fourth-order valence-electron chi connectivity index (χ4n) is 5.75. The minimum absolute atomic E-state index is 0.0109. The molecule has 6 aliphatic heterocycles. The van der Waals surface area contributed by atoms with Gasteiger partial charge in [0, 0.05) is 33.1 Å². The van der Waals surface area contributed by atoms with Crippen LogP contribution in [-0.2, 0) is 23.8 Å². The average molecular weight is 777 g/mol. The molecule has 6 rings (SSSR count). The Labute approximate surface area is 307 Å². The molecule has 26 heteroatoms. The first kappa shape index (κ1) is 41.9. The van der Waals surface area contributed by atoms with Crippen LogP contribution in [0.1, 0.15) is 33.1 Å². The SMILES string of the molecule is CC(=O)NC1=NCN(C2CC(O)C(CO)O2)C(=O)N1.CC(=O)NC1=[NH+]CN(C2CC(O)C(CO)O2)C(=O)N1.NC1=[NH+]CN(C2CC(O)C(CO)O2)C(=O)N1. The summed E-state index contributed by atoms with van der Waals surface area (Å²) >= 11 is 0. The van der Waals surface area contributed by atoms with Gasteiger partial charge in [0.2, 0.25) is 11.9 Å². The Balaban J connectivity index is 0.000000181. The lowest BCUT2D eigenvalue weighted by Gasteiger charge is -2.30. The molecule has 3 saturated heterocycles. The van der Waals surface area contributed by atoms with Crippen molar-refractivity contribution in [1.29, 1.82) is 0 Å². The molecular weight excluding hydrogens is 728 g/mol. The number of rotatable bonds is 6. The number of aliphatic hydroxyl groups is 6. The first-order chi connectivity index (χ1) is 25.6. The normalized spacial score (nSPS) is 32.1. The van der Waals surface area contributed by atoms with Crippen LogP contribution >= 0.6 is 0 Å². The summed E-state index contributed by atoms with van der Waals surface area (Å²) in [5, 5.41) is 67.7.